The minimum atomic E-state index is 0.488. The summed E-state index contributed by atoms with van der Waals surface area (Å²) in [6.45, 7) is 13.8. The maximum absolute atomic E-state index is 2.73. The van der Waals surface area contributed by atoms with Crippen LogP contribution in [0.25, 0.3) is 0 Å². The van der Waals surface area contributed by atoms with Crippen molar-refractivity contribution in [2.24, 2.45) is 23.2 Å². The fourth-order valence-electron chi connectivity index (χ4n) is 3.10. The number of hydrogen-bond acceptors (Lipinski definition) is 1. The lowest BCUT2D eigenvalue weighted by atomic mass is 9.71. The van der Waals surface area contributed by atoms with Crippen molar-refractivity contribution < 1.29 is 0 Å². The molecule has 0 N–H and O–H groups in total. The van der Waals surface area contributed by atoms with Gasteiger partial charge in [0, 0.05) is 13.1 Å². The summed E-state index contributed by atoms with van der Waals surface area (Å²) in [6.07, 6.45) is 4.40. The topological polar surface area (TPSA) is 3.24 Å². The van der Waals surface area contributed by atoms with Crippen LogP contribution in [0.5, 0.6) is 0 Å². The second-order valence-electron chi connectivity index (χ2n) is 6.94. The molecule has 88 valence electrons. The number of rotatable bonds is 2. The molecule has 2 rings (SSSR count). The van der Waals surface area contributed by atoms with Gasteiger partial charge in [-0.15, -0.1) is 0 Å². The smallest absolute Gasteiger partial charge is 0.00173 e. The summed E-state index contributed by atoms with van der Waals surface area (Å²) < 4.78 is 0. The van der Waals surface area contributed by atoms with Crippen molar-refractivity contribution in [3.05, 3.63) is 0 Å². The summed E-state index contributed by atoms with van der Waals surface area (Å²) in [6, 6.07) is 0. The molecule has 0 radical (unpaired) electrons. The largest absolute Gasteiger partial charge is 0.303 e. The van der Waals surface area contributed by atoms with E-state index in [1.54, 1.807) is 0 Å². The molecule has 1 saturated carbocycles. The summed E-state index contributed by atoms with van der Waals surface area (Å²) >= 11 is 0. The van der Waals surface area contributed by atoms with Crippen molar-refractivity contribution in [3.63, 3.8) is 0 Å². The van der Waals surface area contributed by atoms with Gasteiger partial charge in [0.05, 0.1) is 0 Å². The third kappa shape index (κ3) is 2.96. The van der Waals surface area contributed by atoms with Gasteiger partial charge in [-0.3, -0.25) is 0 Å². The van der Waals surface area contributed by atoms with E-state index in [0.717, 1.165) is 17.8 Å². The van der Waals surface area contributed by atoms with Crippen molar-refractivity contribution in [1.29, 1.82) is 0 Å². The molecule has 0 aromatic heterocycles. The van der Waals surface area contributed by atoms with Crippen molar-refractivity contribution in [2.75, 3.05) is 19.6 Å². The van der Waals surface area contributed by atoms with E-state index in [0.29, 0.717) is 5.41 Å². The Balaban J connectivity index is 1.91. The molecule has 2 atom stereocenters. The maximum atomic E-state index is 2.73. The van der Waals surface area contributed by atoms with E-state index in [4.69, 9.17) is 0 Å². The first-order chi connectivity index (χ1) is 6.97. The zero-order valence-electron chi connectivity index (χ0n) is 10.9. The van der Waals surface area contributed by atoms with Gasteiger partial charge in [0.15, 0.2) is 0 Å². The van der Waals surface area contributed by atoms with Crippen LogP contribution in [0.1, 0.15) is 47.0 Å². The van der Waals surface area contributed by atoms with Crippen molar-refractivity contribution >= 4 is 0 Å². The van der Waals surface area contributed by atoms with E-state index in [9.17, 15) is 0 Å². The van der Waals surface area contributed by atoms with Gasteiger partial charge in [0.1, 0.15) is 0 Å². The zero-order valence-corrected chi connectivity index (χ0v) is 10.9. The molecular weight excluding hydrogens is 182 g/mol. The Hall–Kier alpha value is -0.0400. The van der Waals surface area contributed by atoms with Gasteiger partial charge in [-0.05, 0) is 49.0 Å². The number of piperidine rings is 1. The highest BCUT2D eigenvalue weighted by Gasteiger charge is 2.36. The first-order valence-electron chi connectivity index (χ1n) is 6.69. The monoisotopic (exact) mass is 209 g/mol. The van der Waals surface area contributed by atoms with E-state index >= 15 is 0 Å². The zero-order chi connectivity index (χ0) is 11.1. The van der Waals surface area contributed by atoms with Crippen LogP contribution in [0, 0.1) is 23.2 Å². The minimum absolute atomic E-state index is 0.488. The molecule has 0 spiro atoms. The van der Waals surface area contributed by atoms with Crippen LogP contribution < -0.4 is 0 Å². The first-order valence-corrected chi connectivity index (χ1v) is 6.69. The van der Waals surface area contributed by atoms with Gasteiger partial charge in [0.2, 0.25) is 0 Å². The van der Waals surface area contributed by atoms with Gasteiger partial charge >= 0.3 is 0 Å². The summed E-state index contributed by atoms with van der Waals surface area (Å²) in [5, 5.41) is 0. The number of hydrogen-bond donors (Lipinski definition) is 0. The predicted molar refractivity (Wildman–Crippen MR) is 65.9 cm³/mol. The third-order valence-electron chi connectivity index (χ3n) is 4.37. The Kier molecular flexibility index (Phi) is 3.12. The molecule has 0 amide bonds. The molecule has 2 aliphatic rings. The van der Waals surface area contributed by atoms with E-state index in [-0.39, 0.29) is 0 Å². The molecule has 1 heterocycles. The molecule has 1 nitrogen and oxygen atoms in total. The molecule has 0 bridgehead atoms. The van der Waals surface area contributed by atoms with Crippen molar-refractivity contribution in [2.45, 2.75) is 47.0 Å². The third-order valence-corrected chi connectivity index (χ3v) is 4.37. The minimum Gasteiger partial charge on any atom is -0.303 e. The molecule has 15 heavy (non-hydrogen) atoms. The highest BCUT2D eigenvalue weighted by atomic mass is 15.1. The van der Waals surface area contributed by atoms with Crippen molar-refractivity contribution in [1.82, 2.24) is 4.90 Å². The maximum Gasteiger partial charge on any atom is 0.00173 e. The lowest BCUT2D eigenvalue weighted by molar-refractivity contribution is 0.0517. The normalized spacial score (nSPS) is 34.4. The van der Waals surface area contributed by atoms with Gasteiger partial charge in [0.25, 0.3) is 0 Å². The summed E-state index contributed by atoms with van der Waals surface area (Å²) in [5.74, 6) is 2.87. The van der Waals surface area contributed by atoms with Crippen LogP contribution in [-0.4, -0.2) is 24.5 Å². The standard InChI is InChI=1S/C14H27N/c1-11-7-8-15(9-12-5-6-12)10-13(11)14(2,3)4/h11-13H,5-10H2,1-4H3/t11-,13+/m0/s1. The molecule has 0 aromatic rings. The van der Waals surface area contributed by atoms with Gasteiger partial charge in [-0.25, -0.2) is 0 Å². The number of likely N-dealkylation sites (tertiary alicyclic amines) is 1. The molecule has 1 saturated heterocycles. The quantitative estimate of drug-likeness (QED) is 0.674. The van der Waals surface area contributed by atoms with Crippen LogP contribution in [0.4, 0.5) is 0 Å². The van der Waals surface area contributed by atoms with E-state index < -0.39 is 0 Å². The molecule has 1 heteroatoms. The van der Waals surface area contributed by atoms with Crippen LogP contribution in [0.2, 0.25) is 0 Å². The Labute approximate surface area is 95.2 Å². The number of nitrogens with zero attached hydrogens (tertiary/aromatic N) is 1. The SMILES string of the molecule is C[C@H]1CCN(CC2CC2)C[C@H]1C(C)(C)C. The second-order valence-corrected chi connectivity index (χ2v) is 6.94. The summed E-state index contributed by atoms with van der Waals surface area (Å²) in [4.78, 5) is 2.73. The lowest BCUT2D eigenvalue weighted by Crippen LogP contribution is -2.45. The second kappa shape index (κ2) is 4.08. The average molecular weight is 209 g/mol. The van der Waals surface area contributed by atoms with Crippen LogP contribution in [0.15, 0.2) is 0 Å². The van der Waals surface area contributed by atoms with Crippen molar-refractivity contribution in [3.8, 4) is 0 Å². The Morgan fingerprint density at radius 2 is 1.80 bits per heavy atom. The average Bonchev–Trinajstić information content (AvgIpc) is 2.90. The molecular formula is C14H27N. The highest BCUT2D eigenvalue weighted by Crippen LogP contribution is 2.38. The Morgan fingerprint density at radius 1 is 1.13 bits per heavy atom. The lowest BCUT2D eigenvalue weighted by Gasteiger charge is -2.44. The summed E-state index contributed by atoms with van der Waals surface area (Å²) in [5.41, 5.74) is 0.488. The van der Waals surface area contributed by atoms with E-state index in [1.165, 1.54) is 38.9 Å². The van der Waals surface area contributed by atoms with Crippen LogP contribution in [-0.2, 0) is 0 Å². The molecule has 0 unspecified atom stereocenters. The fraction of sp³-hybridized carbons (Fsp3) is 1.00. The molecule has 2 fully saturated rings. The Morgan fingerprint density at radius 3 is 2.33 bits per heavy atom. The van der Waals surface area contributed by atoms with Gasteiger partial charge in [-0.2, -0.15) is 0 Å². The first kappa shape index (κ1) is 11.4. The molecule has 0 aromatic carbocycles. The predicted octanol–water partition coefficient (Wildman–Crippen LogP) is 3.40. The molecule has 1 aliphatic carbocycles. The van der Waals surface area contributed by atoms with Crippen LogP contribution in [0.3, 0.4) is 0 Å². The Bertz CT molecular complexity index is 212. The molecule has 1 aliphatic heterocycles. The summed E-state index contributed by atoms with van der Waals surface area (Å²) in [7, 11) is 0. The van der Waals surface area contributed by atoms with Gasteiger partial charge in [-0.1, -0.05) is 27.7 Å². The van der Waals surface area contributed by atoms with E-state index in [1.807, 2.05) is 0 Å². The van der Waals surface area contributed by atoms with Crippen LogP contribution >= 0.6 is 0 Å². The van der Waals surface area contributed by atoms with E-state index in [2.05, 4.69) is 32.6 Å². The van der Waals surface area contributed by atoms with Gasteiger partial charge < -0.3 is 4.90 Å². The fourth-order valence-corrected chi connectivity index (χ4v) is 3.10. The highest BCUT2D eigenvalue weighted by molar-refractivity contribution is 4.87.